The standard InChI is InChI=1S/C16H13BrFNO2/c17-14-9-5-4-8-13(14)16(10-18)11-19(15(20)21-16)12-6-2-1-3-7-12/h1-9H,10-11H2/t16-/m0/s1. The van der Waals surface area contributed by atoms with Crippen LogP contribution in [0.25, 0.3) is 0 Å². The largest absolute Gasteiger partial charge is 0.433 e. The molecule has 3 nitrogen and oxygen atoms in total. The Hall–Kier alpha value is -1.88. The molecule has 1 atom stereocenters. The number of ether oxygens (including phenoxy) is 1. The lowest BCUT2D eigenvalue weighted by Crippen LogP contribution is -2.34. The lowest BCUT2D eigenvalue weighted by Gasteiger charge is -2.25. The fourth-order valence-electron chi connectivity index (χ4n) is 2.49. The Kier molecular flexibility index (Phi) is 3.68. The van der Waals surface area contributed by atoms with Gasteiger partial charge in [-0.25, -0.2) is 9.18 Å². The first-order chi connectivity index (χ1) is 10.2. The molecule has 0 spiro atoms. The van der Waals surface area contributed by atoms with Gasteiger partial charge < -0.3 is 4.74 Å². The summed E-state index contributed by atoms with van der Waals surface area (Å²) in [5.41, 5.74) is 0.0664. The van der Waals surface area contributed by atoms with Gasteiger partial charge in [0.05, 0.1) is 6.54 Å². The molecule has 1 aliphatic heterocycles. The highest BCUT2D eigenvalue weighted by atomic mass is 79.9. The van der Waals surface area contributed by atoms with Crippen molar-refractivity contribution in [1.29, 1.82) is 0 Å². The van der Waals surface area contributed by atoms with Crippen LogP contribution >= 0.6 is 15.9 Å². The highest BCUT2D eigenvalue weighted by Gasteiger charge is 2.48. The van der Waals surface area contributed by atoms with Gasteiger partial charge >= 0.3 is 6.09 Å². The average molecular weight is 350 g/mol. The van der Waals surface area contributed by atoms with Crippen molar-refractivity contribution in [1.82, 2.24) is 0 Å². The van der Waals surface area contributed by atoms with Gasteiger partial charge in [-0.15, -0.1) is 0 Å². The SMILES string of the molecule is O=C1O[C@](CF)(c2ccccc2Br)CN1c1ccccc1. The number of amides is 1. The molecule has 2 aromatic rings. The summed E-state index contributed by atoms with van der Waals surface area (Å²) in [6.45, 7) is -0.625. The Morgan fingerprint density at radius 1 is 1.14 bits per heavy atom. The van der Waals surface area contributed by atoms with E-state index in [-0.39, 0.29) is 6.54 Å². The van der Waals surface area contributed by atoms with Crippen LogP contribution in [-0.4, -0.2) is 19.3 Å². The number of carbonyl (C=O) groups excluding carboxylic acids is 1. The maximum absolute atomic E-state index is 13.8. The molecular weight excluding hydrogens is 337 g/mol. The van der Waals surface area contributed by atoms with E-state index in [4.69, 9.17) is 4.74 Å². The van der Waals surface area contributed by atoms with Gasteiger partial charge in [-0.3, -0.25) is 4.90 Å². The molecule has 1 aliphatic rings. The zero-order chi connectivity index (χ0) is 14.9. The van der Waals surface area contributed by atoms with Crippen LogP contribution in [0.4, 0.5) is 14.9 Å². The number of benzene rings is 2. The molecule has 1 fully saturated rings. The number of hydrogen-bond acceptors (Lipinski definition) is 2. The van der Waals surface area contributed by atoms with E-state index in [0.29, 0.717) is 11.3 Å². The summed E-state index contributed by atoms with van der Waals surface area (Å²) in [4.78, 5) is 13.6. The van der Waals surface area contributed by atoms with Gasteiger partial charge in [0.25, 0.3) is 0 Å². The molecule has 0 bridgehead atoms. The zero-order valence-electron chi connectivity index (χ0n) is 11.1. The van der Waals surface area contributed by atoms with Crippen LogP contribution in [0, 0.1) is 0 Å². The Labute approximate surface area is 130 Å². The minimum absolute atomic E-state index is 0.148. The number of alkyl halides is 1. The smallest absolute Gasteiger partial charge is 0.415 e. The first-order valence-corrected chi connectivity index (χ1v) is 7.32. The van der Waals surface area contributed by atoms with Gasteiger partial charge in [0.15, 0.2) is 5.60 Å². The van der Waals surface area contributed by atoms with Crippen molar-refractivity contribution < 1.29 is 13.9 Å². The van der Waals surface area contributed by atoms with Crippen LogP contribution < -0.4 is 4.90 Å². The number of anilines is 1. The maximum Gasteiger partial charge on any atom is 0.415 e. The molecule has 2 aromatic carbocycles. The molecule has 0 radical (unpaired) electrons. The van der Waals surface area contributed by atoms with Crippen molar-refractivity contribution in [2.75, 3.05) is 18.1 Å². The van der Waals surface area contributed by atoms with Gasteiger partial charge in [0, 0.05) is 15.7 Å². The molecule has 0 aromatic heterocycles. The monoisotopic (exact) mass is 349 g/mol. The van der Waals surface area contributed by atoms with Crippen molar-refractivity contribution in [3.63, 3.8) is 0 Å². The second kappa shape index (κ2) is 5.48. The van der Waals surface area contributed by atoms with E-state index < -0.39 is 18.4 Å². The second-order valence-electron chi connectivity index (χ2n) is 4.90. The van der Waals surface area contributed by atoms with Crippen molar-refractivity contribution in [2.45, 2.75) is 5.60 Å². The molecule has 0 aliphatic carbocycles. The number of halogens is 2. The first-order valence-electron chi connectivity index (χ1n) is 6.53. The minimum atomic E-state index is -1.27. The first kappa shape index (κ1) is 14.1. The summed E-state index contributed by atoms with van der Waals surface area (Å²) in [5, 5.41) is 0. The van der Waals surface area contributed by atoms with E-state index in [1.54, 1.807) is 24.3 Å². The Morgan fingerprint density at radius 2 is 1.81 bits per heavy atom. The third kappa shape index (κ3) is 2.42. The van der Waals surface area contributed by atoms with Gasteiger partial charge in [-0.1, -0.05) is 52.3 Å². The highest BCUT2D eigenvalue weighted by Crippen LogP contribution is 2.39. The summed E-state index contributed by atoms with van der Waals surface area (Å²) >= 11 is 3.40. The van der Waals surface area contributed by atoms with Gasteiger partial charge in [0.2, 0.25) is 0 Å². The van der Waals surface area contributed by atoms with Crippen LogP contribution in [0.3, 0.4) is 0 Å². The van der Waals surface area contributed by atoms with E-state index in [9.17, 15) is 9.18 Å². The van der Waals surface area contributed by atoms with E-state index >= 15 is 0 Å². The zero-order valence-corrected chi connectivity index (χ0v) is 12.7. The summed E-state index contributed by atoms with van der Waals surface area (Å²) in [6, 6.07) is 16.3. The summed E-state index contributed by atoms with van der Waals surface area (Å²) in [6.07, 6.45) is -0.533. The van der Waals surface area contributed by atoms with Crippen LogP contribution in [0.2, 0.25) is 0 Å². The molecular formula is C16H13BrFNO2. The normalized spacial score (nSPS) is 21.4. The van der Waals surface area contributed by atoms with Crippen molar-refractivity contribution in [2.24, 2.45) is 0 Å². The Balaban J connectivity index is 2.00. The topological polar surface area (TPSA) is 29.5 Å². The molecule has 3 rings (SSSR count). The molecule has 0 unspecified atom stereocenters. The van der Waals surface area contributed by atoms with Crippen LogP contribution in [-0.2, 0) is 10.3 Å². The number of para-hydroxylation sites is 1. The molecule has 0 saturated carbocycles. The molecule has 5 heteroatoms. The van der Waals surface area contributed by atoms with Crippen LogP contribution in [0.1, 0.15) is 5.56 Å². The molecule has 1 saturated heterocycles. The van der Waals surface area contributed by atoms with E-state index in [1.165, 1.54) is 4.90 Å². The molecule has 21 heavy (non-hydrogen) atoms. The maximum atomic E-state index is 13.8. The lowest BCUT2D eigenvalue weighted by molar-refractivity contribution is 0.0318. The van der Waals surface area contributed by atoms with Crippen molar-refractivity contribution in [3.05, 3.63) is 64.6 Å². The average Bonchev–Trinajstić information content (AvgIpc) is 2.87. The van der Waals surface area contributed by atoms with Crippen molar-refractivity contribution in [3.8, 4) is 0 Å². The third-order valence-electron chi connectivity index (χ3n) is 3.57. The van der Waals surface area contributed by atoms with E-state index in [1.807, 2.05) is 30.3 Å². The quantitative estimate of drug-likeness (QED) is 0.827. The van der Waals surface area contributed by atoms with Crippen molar-refractivity contribution >= 4 is 27.7 Å². The fourth-order valence-corrected chi connectivity index (χ4v) is 3.14. The van der Waals surface area contributed by atoms with Gasteiger partial charge in [-0.2, -0.15) is 0 Å². The van der Waals surface area contributed by atoms with E-state index in [0.717, 1.165) is 4.47 Å². The summed E-state index contributed by atoms with van der Waals surface area (Å²) < 4.78 is 19.9. The van der Waals surface area contributed by atoms with Crippen LogP contribution in [0.15, 0.2) is 59.1 Å². The predicted molar refractivity (Wildman–Crippen MR) is 82.1 cm³/mol. The summed E-state index contributed by atoms with van der Waals surface area (Å²) in [5.74, 6) is 0. The summed E-state index contributed by atoms with van der Waals surface area (Å²) in [7, 11) is 0. The number of carbonyl (C=O) groups is 1. The number of cyclic esters (lactones) is 1. The molecule has 108 valence electrons. The predicted octanol–water partition coefficient (Wildman–Crippen LogP) is 4.27. The van der Waals surface area contributed by atoms with Gasteiger partial charge in [-0.05, 0) is 18.2 Å². The Bertz CT molecular complexity index is 664. The van der Waals surface area contributed by atoms with E-state index in [2.05, 4.69) is 15.9 Å². The number of rotatable bonds is 3. The second-order valence-corrected chi connectivity index (χ2v) is 5.75. The number of nitrogens with zero attached hydrogens (tertiary/aromatic N) is 1. The minimum Gasteiger partial charge on any atom is -0.433 e. The highest BCUT2D eigenvalue weighted by molar-refractivity contribution is 9.10. The molecule has 1 amide bonds. The van der Waals surface area contributed by atoms with Gasteiger partial charge in [0.1, 0.15) is 6.67 Å². The third-order valence-corrected chi connectivity index (χ3v) is 4.26. The Morgan fingerprint density at radius 3 is 2.48 bits per heavy atom. The number of hydrogen-bond donors (Lipinski definition) is 0. The fraction of sp³-hybridized carbons (Fsp3) is 0.188. The van der Waals surface area contributed by atoms with Crippen LogP contribution in [0.5, 0.6) is 0 Å². The molecule has 1 heterocycles. The molecule has 0 N–H and O–H groups in total. The lowest BCUT2D eigenvalue weighted by atomic mass is 9.95.